The molecule has 0 radical (unpaired) electrons. The Kier molecular flexibility index (Phi) is 7.94. The summed E-state index contributed by atoms with van der Waals surface area (Å²) in [5, 5.41) is 12.2. The predicted octanol–water partition coefficient (Wildman–Crippen LogP) is 4.74. The molecule has 0 saturated heterocycles. The Balaban J connectivity index is 1.61. The Hall–Kier alpha value is -3.00. The van der Waals surface area contributed by atoms with Gasteiger partial charge in [0.1, 0.15) is 11.5 Å². The van der Waals surface area contributed by atoms with E-state index in [0.717, 1.165) is 18.0 Å². The van der Waals surface area contributed by atoms with Gasteiger partial charge in [0.2, 0.25) is 5.91 Å². The standard InChI is InChI=1S/C23H28N4O3S/c1-5-17-10-12-19(13-11-17)30-16(3)22-25-26-23(27(22)6-2)31-15-21(28)24-18-8-7-9-20(14-18)29-4/h7-14,16H,5-6,15H2,1-4H3,(H,24,28). The van der Waals surface area contributed by atoms with Crippen molar-refractivity contribution < 1.29 is 14.3 Å². The van der Waals surface area contributed by atoms with E-state index < -0.39 is 0 Å². The lowest BCUT2D eigenvalue weighted by Crippen LogP contribution is -2.15. The lowest BCUT2D eigenvalue weighted by Gasteiger charge is -2.16. The van der Waals surface area contributed by atoms with Crippen LogP contribution >= 0.6 is 11.8 Å². The first-order chi connectivity index (χ1) is 15.0. The third-order valence-corrected chi connectivity index (χ3v) is 5.72. The largest absolute Gasteiger partial charge is 0.497 e. The second-order valence-electron chi connectivity index (χ2n) is 6.91. The van der Waals surface area contributed by atoms with E-state index >= 15 is 0 Å². The van der Waals surface area contributed by atoms with Gasteiger partial charge in [0.05, 0.1) is 12.9 Å². The first kappa shape index (κ1) is 22.7. The Morgan fingerprint density at radius 1 is 1.13 bits per heavy atom. The molecule has 1 atom stereocenters. The van der Waals surface area contributed by atoms with E-state index in [1.54, 1.807) is 13.2 Å². The summed E-state index contributed by atoms with van der Waals surface area (Å²) >= 11 is 1.35. The molecule has 1 unspecified atom stereocenters. The molecule has 0 saturated carbocycles. The van der Waals surface area contributed by atoms with Crippen molar-refractivity contribution in [1.82, 2.24) is 14.8 Å². The maximum atomic E-state index is 12.4. The highest BCUT2D eigenvalue weighted by Gasteiger charge is 2.19. The summed E-state index contributed by atoms with van der Waals surface area (Å²) in [5.74, 6) is 2.33. The van der Waals surface area contributed by atoms with Crippen molar-refractivity contribution in [1.29, 1.82) is 0 Å². The van der Waals surface area contributed by atoms with Gasteiger partial charge in [0.15, 0.2) is 17.1 Å². The van der Waals surface area contributed by atoms with Crippen molar-refractivity contribution in [2.24, 2.45) is 0 Å². The number of aromatic nitrogens is 3. The summed E-state index contributed by atoms with van der Waals surface area (Å²) in [6.07, 6.45) is 0.728. The number of aryl methyl sites for hydroxylation is 1. The van der Waals surface area contributed by atoms with Crippen LogP contribution in [-0.4, -0.2) is 33.5 Å². The van der Waals surface area contributed by atoms with Crippen LogP contribution in [0.3, 0.4) is 0 Å². The van der Waals surface area contributed by atoms with E-state index in [2.05, 4.69) is 34.6 Å². The molecule has 0 bridgehead atoms. The molecule has 3 aromatic rings. The Morgan fingerprint density at radius 3 is 2.58 bits per heavy atom. The van der Waals surface area contributed by atoms with E-state index in [-0.39, 0.29) is 17.8 Å². The molecule has 1 N–H and O–H groups in total. The smallest absolute Gasteiger partial charge is 0.234 e. The second kappa shape index (κ2) is 10.9. The maximum Gasteiger partial charge on any atom is 0.234 e. The predicted molar refractivity (Wildman–Crippen MR) is 123 cm³/mol. The average molecular weight is 441 g/mol. The number of thioether (sulfide) groups is 1. The number of ether oxygens (including phenoxy) is 2. The van der Waals surface area contributed by atoms with Gasteiger partial charge in [-0.25, -0.2) is 0 Å². The summed E-state index contributed by atoms with van der Waals surface area (Å²) in [5.41, 5.74) is 1.96. The SMILES string of the molecule is CCc1ccc(OC(C)c2nnc(SCC(=O)Nc3cccc(OC)c3)n2CC)cc1. The van der Waals surface area contributed by atoms with Crippen molar-refractivity contribution in [3.63, 3.8) is 0 Å². The number of rotatable bonds is 10. The molecule has 3 rings (SSSR count). The van der Waals surface area contributed by atoms with Gasteiger partial charge in [-0.1, -0.05) is 36.9 Å². The summed E-state index contributed by atoms with van der Waals surface area (Å²) in [7, 11) is 1.59. The number of methoxy groups -OCH3 is 1. The molecule has 2 aromatic carbocycles. The average Bonchev–Trinajstić information content (AvgIpc) is 3.21. The fourth-order valence-corrected chi connectivity index (χ4v) is 3.90. The van der Waals surface area contributed by atoms with Crippen molar-refractivity contribution in [3.8, 4) is 11.5 Å². The van der Waals surface area contributed by atoms with Crippen molar-refractivity contribution >= 4 is 23.4 Å². The van der Waals surface area contributed by atoms with Crippen LogP contribution in [0, 0.1) is 0 Å². The lowest BCUT2D eigenvalue weighted by atomic mass is 10.2. The summed E-state index contributed by atoms with van der Waals surface area (Å²) in [6, 6.07) is 15.3. The Bertz CT molecular complexity index is 1000. The van der Waals surface area contributed by atoms with Crippen LogP contribution in [0.2, 0.25) is 0 Å². The minimum atomic E-state index is -0.264. The van der Waals surface area contributed by atoms with Crippen LogP contribution in [0.1, 0.15) is 38.3 Å². The van der Waals surface area contributed by atoms with Gasteiger partial charge in [0, 0.05) is 18.3 Å². The quantitative estimate of drug-likeness (QED) is 0.459. The zero-order chi connectivity index (χ0) is 22.2. The van der Waals surface area contributed by atoms with Gasteiger partial charge in [-0.3, -0.25) is 4.79 Å². The summed E-state index contributed by atoms with van der Waals surface area (Å²) < 4.78 is 13.2. The minimum Gasteiger partial charge on any atom is -0.497 e. The van der Waals surface area contributed by atoms with E-state index in [1.807, 2.05) is 48.7 Å². The Labute approximate surface area is 187 Å². The molecule has 0 fully saturated rings. The zero-order valence-corrected chi connectivity index (χ0v) is 19.1. The first-order valence-electron chi connectivity index (χ1n) is 10.3. The van der Waals surface area contributed by atoms with Gasteiger partial charge >= 0.3 is 0 Å². The third kappa shape index (κ3) is 6.01. The number of hydrogen-bond acceptors (Lipinski definition) is 6. The number of anilines is 1. The summed E-state index contributed by atoms with van der Waals surface area (Å²) in [6.45, 7) is 6.78. The van der Waals surface area contributed by atoms with Gasteiger partial charge < -0.3 is 19.4 Å². The number of amides is 1. The van der Waals surface area contributed by atoms with Crippen molar-refractivity contribution in [2.45, 2.75) is 45.0 Å². The fraction of sp³-hybridized carbons (Fsp3) is 0.348. The summed E-state index contributed by atoms with van der Waals surface area (Å²) in [4.78, 5) is 12.4. The number of nitrogens with one attached hydrogen (secondary N) is 1. The monoisotopic (exact) mass is 440 g/mol. The van der Waals surface area contributed by atoms with Gasteiger partial charge in [-0.2, -0.15) is 0 Å². The van der Waals surface area contributed by atoms with Crippen LogP contribution in [0.5, 0.6) is 11.5 Å². The number of carbonyl (C=O) groups is 1. The van der Waals surface area contributed by atoms with E-state index in [9.17, 15) is 4.79 Å². The number of carbonyl (C=O) groups excluding carboxylic acids is 1. The van der Waals surface area contributed by atoms with Crippen molar-refractivity contribution in [2.75, 3.05) is 18.2 Å². The first-order valence-corrected chi connectivity index (χ1v) is 11.3. The minimum absolute atomic E-state index is 0.120. The van der Waals surface area contributed by atoms with Crippen LogP contribution < -0.4 is 14.8 Å². The highest BCUT2D eigenvalue weighted by molar-refractivity contribution is 7.99. The fourth-order valence-electron chi connectivity index (χ4n) is 3.09. The van der Waals surface area contributed by atoms with E-state index in [1.165, 1.54) is 17.3 Å². The molecule has 0 spiro atoms. The van der Waals surface area contributed by atoms with Crippen LogP contribution in [0.15, 0.2) is 53.7 Å². The molecule has 31 heavy (non-hydrogen) atoms. The lowest BCUT2D eigenvalue weighted by molar-refractivity contribution is -0.113. The topological polar surface area (TPSA) is 78.3 Å². The third-order valence-electron chi connectivity index (χ3n) is 4.76. The molecular formula is C23H28N4O3S. The molecular weight excluding hydrogens is 412 g/mol. The van der Waals surface area contributed by atoms with Gasteiger partial charge in [-0.15, -0.1) is 10.2 Å². The molecule has 0 aliphatic heterocycles. The highest BCUT2D eigenvalue weighted by Crippen LogP contribution is 2.25. The molecule has 7 nitrogen and oxygen atoms in total. The molecule has 1 heterocycles. The van der Waals surface area contributed by atoms with Crippen LogP contribution in [0.25, 0.3) is 0 Å². The molecule has 164 valence electrons. The number of benzene rings is 2. The molecule has 1 amide bonds. The molecule has 0 aliphatic carbocycles. The van der Waals surface area contributed by atoms with Crippen LogP contribution in [0.4, 0.5) is 5.69 Å². The highest BCUT2D eigenvalue weighted by atomic mass is 32.2. The van der Waals surface area contributed by atoms with Gasteiger partial charge in [0.25, 0.3) is 0 Å². The van der Waals surface area contributed by atoms with E-state index in [4.69, 9.17) is 9.47 Å². The number of hydrogen-bond donors (Lipinski definition) is 1. The molecule has 8 heteroatoms. The molecule has 1 aromatic heterocycles. The second-order valence-corrected chi connectivity index (χ2v) is 7.85. The van der Waals surface area contributed by atoms with E-state index in [0.29, 0.717) is 23.1 Å². The van der Waals surface area contributed by atoms with Crippen LogP contribution in [-0.2, 0) is 17.8 Å². The maximum absolute atomic E-state index is 12.4. The normalized spacial score (nSPS) is 11.7. The Morgan fingerprint density at radius 2 is 1.90 bits per heavy atom. The zero-order valence-electron chi connectivity index (χ0n) is 18.3. The number of nitrogens with zero attached hydrogens (tertiary/aromatic N) is 3. The molecule has 0 aliphatic rings. The van der Waals surface area contributed by atoms with Gasteiger partial charge in [-0.05, 0) is 50.1 Å². The van der Waals surface area contributed by atoms with Crippen molar-refractivity contribution in [3.05, 3.63) is 59.9 Å².